The molecule has 0 aromatic heterocycles. The number of hydrogen-bond donors (Lipinski definition) is 2. The Labute approximate surface area is 142 Å². The van der Waals surface area contributed by atoms with Gasteiger partial charge < -0.3 is 10.6 Å². The summed E-state index contributed by atoms with van der Waals surface area (Å²) >= 11 is 0. The van der Waals surface area contributed by atoms with Crippen LogP contribution in [0.2, 0.25) is 0 Å². The number of halogens is 1. The van der Waals surface area contributed by atoms with Gasteiger partial charge in [-0.2, -0.15) is 0 Å². The zero-order valence-corrected chi connectivity index (χ0v) is 13.8. The molecule has 1 atom stereocenters. The molecular formula is C19H21ClN2O. The second-order valence-corrected chi connectivity index (χ2v) is 6.27. The first-order valence-corrected chi connectivity index (χ1v) is 8.00. The Hall–Kier alpha value is -1.84. The van der Waals surface area contributed by atoms with Crippen molar-refractivity contribution in [2.45, 2.75) is 38.4 Å². The number of aryl methyl sites for hydroxylation is 1. The van der Waals surface area contributed by atoms with Crippen molar-refractivity contribution < 1.29 is 4.79 Å². The Morgan fingerprint density at radius 3 is 2.65 bits per heavy atom. The lowest BCUT2D eigenvalue weighted by Crippen LogP contribution is -2.38. The maximum Gasteiger partial charge on any atom is 0.251 e. The molecule has 3 nitrogen and oxygen atoms in total. The van der Waals surface area contributed by atoms with Crippen LogP contribution in [0, 0.1) is 0 Å². The normalized spacial score (nSPS) is 18.5. The van der Waals surface area contributed by atoms with Gasteiger partial charge in [-0.05, 0) is 53.6 Å². The van der Waals surface area contributed by atoms with Gasteiger partial charge in [0.15, 0.2) is 0 Å². The van der Waals surface area contributed by atoms with Gasteiger partial charge in [-0.3, -0.25) is 4.79 Å². The predicted octanol–water partition coefficient (Wildman–Crippen LogP) is 3.00. The summed E-state index contributed by atoms with van der Waals surface area (Å²) in [6.45, 7) is 1.78. The average Bonchev–Trinajstić information content (AvgIpc) is 3.02. The molecule has 0 saturated carbocycles. The Bertz CT molecular complexity index is 729. The lowest BCUT2D eigenvalue weighted by atomic mass is 9.88. The summed E-state index contributed by atoms with van der Waals surface area (Å²) in [7, 11) is 0. The van der Waals surface area contributed by atoms with Crippen LogP contribution < -0.4 is 10.6 Å². The number of fused-ring (bicyclic) bond motifs is 2. The predicted molar refractivity (Wildman–Crippen MR) is 94.0 cm³/mol. The van der Waals surface area contributed by atoms with E-state index < -0.39 is 0 Å². The minimum Gasteiger partial charge on any atom is -0.349 e. The Morgan fingerprint density at radius 1 is 1.00 bits per heavy atom. The van der Waals surface area contributed by atoms with Crippen molar-refractivity contribution in [3.63, 3.8) is 0 Å². The summed E-state index contributed by atoms with van der Waals surface area (Å²) in [6, 6.07) is 14.8. The molecule has 0 bridgehead atoms. The van der Waals surface area contributed by atoms with E-state index in [9.17, 15) is 4.79 Å². The first kappa shape index (κ1) is 16.0. The van der Waals surface area contributed by atoms with E-state index in [0.29, 0.717) is 0 Å². The van der Waals surface area contributed by atoms with Crippen LogP contribution in [0.5, 0.6) is 0 Å². The molecule has 2 N–H and O–H groups in total. The van der Waals surface area contributed by atoms with Crippen LogP contribution in [-0.4, -0.2) is 11.9 Å². The molecule has 0 spiro atoms. The van der Waals surface area contributed by atoms with Crippen LogP contribution in [0.3, 0.4) is 0 Å². The molecule has 0 saturated heterocycles. The summed E-state index contributed by atoms with van der Waals surface area (Å²) in [5.41, 5.74) is 6.14. The molecule has 1 heterocycles. The fourth-order valence-electron chi connectivity index (χ4n) is 3.53. The number of carbonyl (C=O) groups is 1. The van der Waals surface area contributed by atoms with Gasteiger partial charge in [0.25, 0.3) is 5.91 Å². The van der Waals surface area contributed by atoms with Crippen molar-refractivity contribution in [1.82, 2.24) is 10.6 Å². The minimum absolute atomic E-state index is 0. The van der Waals surface area contributed by atoms with E-state index in [0.717, 1.165) is 37.9 Å². The third-order valence-corrected chi connectivity index (χ3v) is 4.78. The van der Waals surface area contributed by atoms with E-state index in [2.05, 4.69) is 41.0 Å². The maximum absolute atomic E-state index is 12.5. The topological polar surface area (TPSA) is 41.1 Å². The number of nitrogens with one attached hydrogen (secondary N) is 2. The zero-order valence-electron chi connectivity index (χ0n) is 13.0. The molecule has 2 aromatic carbocycles. The van der Waals surface area contributed by atoms with Gasteiger partial charge in [0.1, 0.15) is 0 Å². The lowest BCUT2D eigenvalue weighted by Gasteiger charge is -2.25. The van der Waals surface area contributed by atoms with Gasteiger partial charge >= 0.3 is 0 Å². The van der Waals surface area contributed by atoms with Crippen molar-refractivity contribution in [1.29, 1.82) is 0 Å². The third kappa shape index (κ3) is 3.26. The number of benzene rings is 2. The third-order valence-electron chi connectivity index (χ3n) is 4.78. The Balaban J connectivity index is 0.00000156. The highest BCUT2D eigenvalue weighted by atomic mass is 35.5. The molecule has 0 fully saturated rings. The van der Waals surface area contributed by atoms with E-state index >= 15 is 0 Å². The lowest BCUT2D eigenvalue weighted by molar-refractivity contribution is 0.0933. The van der Waals surface area contributed by atoms with Gasteiger partial charge in [-0.1, -0.05) is 30.3 Å². The van der Waals surface area contributed by atoms with Crippen molar-refractivity contribution in [2.24, 2.45) is 0 Å². The van der Waals surface area contributed by atoms with Crippen molar-refractivity contribution in [3.8, 4) is 0 Å². The summed E-state index contributed by atoms with van der Waals surface area (Å²) < 4.78 is 0. The molecule has 1 aliphatic heterocycles. The summed E-state index contributed by atoms with van der Waals surface area (Å²) in [5, 5.41) is 6.52. The fraction of sp³-hybridized carbons (Fsp3) is 0.316. The zero-order chi connectivity index (χ0) is 14.9. The number of rotatable bonds is 2. The van der Waals surface area contributed by atoms with Crippen LogP contribution in [0.4, 0.5) is 0 Å². The molecular weight excluding hydrogens is 308 g/mol. The van der Waals surface area contributed by atoms with Gasteiger partial charge in [-0.15, -0.1) is 12.4 Å². The average molecular weight is 329 g/mol. The van der Waals surface area contributed by atoms with Gasteiger partial charge in [0.2, 0.25) is 0 Å². The van der Waals surface area contributed by atoms with Crippen LogP contribution in [-0.2, 0) is 25.9 Å². The number of carbonyl (C=O) groups excluding carboxylic acids is 1. The first-order chi connectivity index (χ1) is 10.8. The van der Waals surface area contributed by atoms with Gasteiger partial charge in [0.05, 0.1) is 0 Å². The molecule has 23 heavy (non-hydrogen) atoms. The highest BCUT2D eigenvalue weighted by Gasteiger charge is 2.21. The smallest absolute Gasteiger partial charge is 0.251 e. The van der Waals surface area contributed by atoms with Gasteiger partial charge in [0, 0.05) is 24.7 Å². The molecule has 2 aliphatic rings. The van der Waals surface area contributed by atoms with Crippen LogP contribution in [0.1, 0.15) is 39.0 Å². The molecule has 1 aliphatic carbocycles. The van der Waals surface area contributed by atoms with Crippen LogP contribution in [0.15, 0.2) is 42.5 Å². The standard InChI is InChI=1S/C19H20N2O.ClH/c22-19(15-5-6-16-11-20-12-17(16)9-15)21-18-8-7-13-3-1-2-4-14(13)10-18;/h1-6,9,18,20H,7-8,10-12H2,(H,21,22);1H. The monoisotopic (exact) mass is 328 g/mol. The van der Waals surface area contributed by atoms with Crippen LogP contribution in [0.25, 0.3) is 0 Å². The van der Waals surface area contributed by atoms with E-state index in [1.165, 1.54) is 22.3 Å². The van der Waals surface area contributed by atoms with E-state index in [4.69, 9.17) is 0 Å². The van der Waals surface area contributed by atoms with Crippen molar-refractivity contribution in [2.75, 3.05) is 0 Å². The molecule has 2 aromatic rings. The highest BCUT2D eigenvalue weighted by Crippen LogP contribution is 2.22. The minimum atomic E-state index is 0. The molecule has 0 radical (unpaired) electrons. The second kappa shape index (κ2) is 6.73. The van der Waals surface area contributed by atoms with E-state index in [1.807, 2.05) is 12.1 Å². The SMILES string of the molecule is Cl.O=C(NC1CCc2ccccc2C1)c1ccc2c(c1)CNC2. The highest BCUT2D eigenvalue weighted by molar-refractivity contribution is 5.94. The fourth-order valence-corrected chi connectivity index (χ4v) is 3.53. The number of hydrogen-bond acceptors (Lipinski definition) is 2. The number of amides is 1. The second-order valence-electron chi connectivity index (χ2n) is 6.27. The van der Waals surface area contributed by atoms with Crippen LogP contribution >= 0.6 is 12.4 Å². The van der Waals surface area contributed by atoms with E-state index in [-0.39, 0.29) is 24.4 Å². The van der Waals surface area contributed by atoms with Gasteiger partial charge in [-0.25, -0.2) is 0 Å². The molecule has 4 rings (SSSR count). The molecule has 1 unspecified atom stereocenters. The summed E-state index contributed by atoms with van der Waals surface area (Å²) in [6.07, 6.45) is 3.01. The Morgan fingerprint density at radius 2 is 1.78 bits per heavy atom. The van der Waals surface area contributed by atoms with E-state index in [1.54, 1.807) is 0 Å². The summed E-state index contributed by atoms with van der Waals surface area (Å²) in [4.78, 5) is 12.5. The Kier molecular flexibility index (Phi) is 4.69. The summed E-state index contributed by atoms with van der Waals surface area (Å²) in [5.74, 6) is 0.0547. The van der Waals surface area contributed by atoms with Crippen molar-refractivity contribution in [3.05, 3.63) is 70.3 Å². The van der Waals surface area contributed by atoms with Crippen molar-refractivity contribution >= 4 is 18.3 Å². The molecule has 1 amide bonds. The first-order valence-electron chi connectivity index (χ1n) is 8.00. The largest absolute Gasteiger partial charge is 0.349 e. The quantitative estimate of drug-likeness (QED) is 0.889. The maximum atomic E-state index is 12.5. The molecule has 4 heteroatoms. The molecule has 120 valence electrons.